The van der Waals surface area contributed by atoms with Gasteiger partial charge >= 0.3 is 6.18 Å². The average molecular weight is 562 g/mol. The third-order valence-electron chi connectivity index (χ3n) is 5.92. The number of carbonyl (C=O) groups is 2. The summed E-state index contributed by atoms with van der Waals surface area (Å²) in [7, 11) is 0. The maximum Gasteiger partial charge on any atom is 0.416 e. The summed E-state index contributed by atoms with van der Waals surface area (Å²) in [5, 5.41) is 6.03. The van der Waals surface area contributed by atoms with E-state index in [9.17, 15) is 22.8 Å². The third kappa shape index (κ3) is 5.58. The van der Waals surface area contributed by atoms with E-state index in [4.69, 9.17) is 34.8 Å². The molecule has 3 aromatic rings. The number of pyridine rings is 1. The summed E-state index contributed by atoms with van der Waals surface area (Å²) in [6.07, 6.45) is -2.74. The van der Waals surface area contributed by atoms with E-state index >= 15 is 0 Å². The molecule has 1 fully saturated rings. The molecular weight excluding hydrogens is 540 g/mol. The number of rotatable bonds is 6. The minimum Gasteiger partial charge on any atom is -0.349 e. The fourth-order valence-corrected chi connectivity index (χ4v) is 4.49. The molecule has 36 heavy (non-hydrogen) atoms. The van der Waals surface area contributed by atoms with Crippen molar-refractivity contribution in [3.8, 4) is 0 Å². The van der Waals surface area contributed by atoms with Crippen LogP contribution in [-0.2, 0) is 12.7 Å². The molecule has 12 heteroatoms. The Morgan fingerprint density at radius 2 is 1.83 bits per heavy atom. The largest absolute Gasteiger partial charge is 0.416 e. The van der Waals surface area contributed by atoms with Crippen LogP contribution in [0.5, 0.6) is 0 Å². The number of hydrogen-bond donors (Lipinski definition) is 2. The summed E-state index contributed by atoms with van der Waals surface area (Å²) in [6.45, 7) is 3.87. The van der Waals surface area contributed by atoms with Gasteiger partial charge in [-0.2, -0.15) is 13.2 Å². The Morgan fingerprint density at radius 1 is 1.14 bits per heavy atom. The smallest absolute Gasteiger partial charge is 0.349 e. The van der Waals surface area contributed by atoms with Crippen LogP contribution in [0.1, 0.15) is 63.5 Å². The van der Waals surface area contributed by atoms with Crippen LogP contribution in [0.15, 0.2) is 36.4 Å². The molecule has 2 heterocycles. The number of halogens is 6. The molecule has 0 saturated heterocycles. The van der Waals surface area contributed by atoms with Gasteiger partial charge in [-0.1, -0.05) is 46.9 Å². The van der Waals surface area contributed by atoms with Crippen LogP contribution >= 0.6 is 34.8 Å². The molecule has 0 bridgehead atoms. The summed E-state index contributed by atoms with van der Waals surface area (Å²) in [5.74, 6) is -0.911. The quantitative estimate of drug-likeness (QED) is 0.356. The van der Waals surface area contributed by atoms with Gasteiger partial charge in [-0.25, -0.2) is 4.98 Å². The van der Waals surface area contributed by atoms with Crippen LogP contribution in [0.3, 0.4) is 0 Å². The molecule has 0 spiro atoms. The van der Waals surface area contributed by atoms with Gasteiger partial charge in [0, 0.05) is 18.0 Å². The highest BCUT2D eigenvalue weighted by Crippen LogP contribution is 2.41. The lowest BCUT2D eigenvalue weighted by Gasteiger charge is -2.26. The Morgan fingerprint density at radius 3 is 2.42 bits per heavy atom. The molecule has 2 amide bonds. The molecule has 4 rings (SSSR count). The maximum atomic E-state index is 13.3. The van der Waals surface area contributed by atoms with Crippen molar-refractivity contribution in [1.82, 2.24) is 20.2 Å². The van der Waals surface area contributed by atoms with E-state index in [2.05, 4.69) is 15.6 Å². The van der Waals surface area contributed by atoms with E-state index in [-0.39, 0.29) is 23.2 Å². The van der Waals surface area contributed by atoms with Crippen molar-refractivity contribution >= 4 is 57.7 Å². The van der Waals surface area contributed by atoms with Crippen molar-refractivity contribution in [3.05, 3.63) is 64.5 Å². The number of carbonyl (C=O) groups excluding carboxylic acids is 2. The SMILES string of the molecule is CCn1c(C(=O)NC(c2cccc(C(F)(F)F)c2)C(Cl)(Cl)Cl)cc2cc(C(=O)NC3CC3)c(C)nc21. The highest BCUT2D eigenvalue weighted by atomic mass is 35.6. The van der Waals surface area contributed by atoms with Crippen LogP contribution in [0.2, 0.25) is 0 Å². The van der Waals surface area contributed by atoms with E-state index in [1.54, 1.807) is 30.5 Å². The van der Waals surface area contributed by atoms with Crippen LogP contribution in [-0.4, -0.2) is 31.2 Å². The highest BCUT2D eigenvalue weighted by molar-refractivity contribution is 6.68. The molecular formula is C24H22Cl3F3N4O2. The standard InChI is InChI=1S/C24H22Cl3F3N4O2/c1-3-34-18(11-14-10-17(12(2)31-20(14)34)21(35)32-16-7-8-16)22(36)33-19(23(25,26)27)13-5-4-6-15(9-13)24(28,29)30/h4-6,9-11,16,19H,3,7-8H2,1-2H3,(H,32,35)(H,33,36). The molecule has 1 saturated carbocycles. The predicted molar refractivity (Wildman–Crippen MR) is 133 cm³/mol. The zero-order valence-corrected chi connectivity index (χ0v) is 21.5. The lowest BCUT2D eigenvalue weighted by molar-refractivity contribution is -0.137. The number of aromatic nitrogens is 2. The molecule has 1 aromatic carbocycles. The lowest BCUT2D eigenvalue weighted by Crippen LogP contribution is -2.37. The summed E-state index contributed by atoms with van der Waals surface area (Å²) in [4.78, 5) is 30.5. The first kappa shape index (κ1) is 26.6. The van der Waals surface area contributed by atoms with E-state index in [0.717, 1.165) is 25.0 Å². The fraction of sp³-hybridized carbons (Fsp3) is 0.375. The number of alkyl halides is 6. The maximum absolute atomic E-state index is 13.3. The minimum atomic E-state index is -4.61. The monoisotopic (exact) mass is 560 g/mol. The summed E-state index contributed by atoms with van der Waals surface area (Å²) >= 11 is 18.2. The second kappa shape index (κ2) is 9.76. The molecule has 1 atom stereocenters. The van der Waals surface area contributed by atoms with Gasteiger partial charge in [-0.05, 0) is 56.5 Å². The number of nitrogens with zero attached hydrogens (tertiary/aromatic N) is 2. The van der Waals surface area contributed by atoms with Gasteiger partial charge in [0.15, 0.2) is 0 Å². The number of amides is 2. The second-order valence-electron chi connectivity index (χ2n) is 8.63. The Kier molecular flexibility index (Phi) is 7.20. The van der Waals surface area contributed by atoms with Gasteiger partial charge in [0.25, 0.3) is 11.8 Å². The number of nitrogens with one attached hydrogen (secondary N) is 2. The molecule has 0 radical (unpaired) electrons. The van der Waals surface area contributed by atoms with Crippen molar-refractivity contribution in [1.29, 1.82) is 0 Å². The first-order valence-corrected chi connectivity index (χ1v) is 12.3. The van der Waals surface area contributed by atoms with Gasteiger partial charge in [-0.3, -0.25) is 9.59 Å². The van der Waals surface area contributed by atoms with Crippen molar-refractivity contribution in [2.45, 2.75) is 55.3 Å². The van der Waals surface area contributed by atoms with Gasteiger partial charge in [0.05, 0.1) is 16.8 Å². The van der Waals surface area contributed by atoms with Gasteiger partial charge in [0.2, 0.25) is 3.79 Å². The Labute approximate surface area is 220 Å². The molecule has 6 nitrogen and oxygen atoms in total. The zero-order valence-electron chi connectivity index (χ0n) is 19.2. The fourth-order valence-electron chi connectivity index (χ4n) is 3.95. The molecule has 192 valence electrons. The summed E-state index contributed by atoms with van der Waals surface area (Å²) in [5.41, 5.74) is 0.581. The molecule has 2 N–H and O–H groups in total. The molecule has 1 aliphatic carbocycles. The number of aryl methyl sites for hydroxylation is 2. The summed E-state index contributed by atoms with van der Waals surface area (Å²) in [6, 6.07) is 6.25. The van der Waals surface area contributed by atoms with E-state index in [0.29, 0.717) is 28.8 Å². The second-order valence-corrected chi connectivity index (χ2v) is 11.0. The lowest BCUT2D eigenvalue weighted by atomic mass is 10.0. The van der Waals surface area contributed by atoms with E-state index in [1.807, 2.05) is 0 Å². The minimum absolute atomic E-state index is 0.0228. The van der Waals surface area contributed by atoms with Crippen molar-refractivity contribution < 1.29 is 22.8 Å². The molecule has 0 aliphatic heterocycles. The first-order valence-electron chi connectivity index (χ1n) is 11.2. The van der Waals surface area contributed by atoms with Gasteiger partial charge in [-0.15, -0.1) is 0 Å². The van der Waals surface area contributed by atoms with Gasteiger partial charge in [0.1, 0.15) is 17.4 Å². The average Bonchev–Trinajstić information content (AvgIpc) is 3.53. The normalized spacial score (nSPS) is 15.1. The molecule has 2 aromatic heterocycles. The zero-order chi connectivity index (χ0) is 26.4. The first-order chi connectivity index (χ1) is 16.8. The topological polar surface area (TPSA) is 76.0 Å². The van der Waals surface area contributed by atoms with Crippen molar-refractivity contribution in [2.24, 2.45) is 0 Å². The van der Waals surface area contributed by atoms with Gasteiger partial charge < -0.3 is 15.2 Å². The van der Waals surface area contributed by atoms with Crippen molar-refractivity contribution in [3.63, 3.8) is 0 Å². The molecule has 1 unspecified atom stereocenters. The third-order valence-corrected chi connectivity index (χ3v) is 6.57. The Bertz CT molecular complexity index is 1330. The van der Waals surface area contributed by atoms with Crippen LogP contribution in [0.4, 0.5) is 13.2 Å². The summed E-state index contributed by atoms with van der Waals surface area (Å²) < 4.78 is 39.2. The number of benzene rings is 1. The highest BCUT2D eigenvalue weighted by Gasteiger charge is 2.38. The van der Waals surface area contributed by atoms with Crippen LogP contribution in [0, 0.1) is 6.92 Å². The van der Waals surface area contributed by atoms with Crippen molar-refractivity contribution in [2.75, 3.05) is 0 Å². The number of fused-ring (bicyclic) bond motifs is 1. The Hall–Kier alpha value is -2.49. The van der Waals surface area contributed by atoms with E-state index < -0.39 is 27.5 Å². The molecule has 1 aliphatic rings. The number of hydrogen-bond acceptors (Lipinski definition) is 3. The van der Waals surface area contributed by atoms with Crippen LogP contribution < -0.4 is 10.6 Å². The Balaban J connectivity index is 1.70. The predicted octanol–water partition coefficient (Wildman–Crippen LogP) is 6.12. The van der Waals surface area contributed by atoms with E-state index in [1.165, 1.54) is 12.1 Å². The van der Waals surface area contributed by atoms with Crippen LogP contribution in [0.25, 0.3) is 11.0 Å².